The molecule has 0 radical (unpaired) electrons. The molecule has 0 aromatic heterocycles. The zero-order valence-corrected chi connectivity index (χ0v) is 15.3. The van der Waals surface area contributed by atoms with Crippen LogP contribution in [0.25, 0.3) is 0 Å². The van der Waals surface area contributed by atoms with Crippen molar-refractivity contribution in [2.45, 2.75) is 6.10 Å². The largest absolute Gasteiger partial charge is 0.457 e. The Hall–Kier alpha value is -3.89. The van der Waals surface area contributed by atoms with Crippen molar-refractivity contribution >= 4 is 11.7 Å². The van der Waals surface area contributed by atoms with Gasteiger partial charge in [0.2, 0.25) is 0 Å². The number of ether oxygens (including phenoxy) is 1. The number of carbonyl (C=O) groups excluding carboxylic acids is 1. The molecule has 0 bridgehead atoms. The summed E-state index contributed by atoms with van der Waals surface area (Å²) in [5, 5.41) is 23.9. The summed E-state index contributed by atoms with van der Waals surface area (Å²) in [6, 6.07) is 20.8. The second kappa shape index (κ2) is 9.35. The summed E-state index contributed by atoms with van der Waals surface area (Å²) >= 11 is 0. The van der Waals surface area contributed by atoms with Gasteiger partial charge >= 0.3 is 6.03 Å². The Morgan fingerprint density at radius 2 is 1.66 bits per heavy atom. The molecule has 0 spiro atoms. The third-order valence-corrected chi connectivity index (χ3v) is 4.05. The molecule has 0 fully saturated rings. The first-order valence-corrected chi connectivity index (χ1v) is 8.80. The van der Waals surface area contributed by atoms with Gasteiger partial charge in [-0.25, -0.2) is 9.18 Å². The maximum Gasteiger partial charge on any atom is 0.319 e. The van der Waals surface area contributed by atoms with Gasteiger partial charge in [0.25, 0.3) is 0 Å². The summed E-state index contributed by atoms with van der Waals surface area (Å²) in [5.41, 5.74) is 1.19. The maximum atomic E-state index is 13.6. The van der Waals surface area contributed by atoms with Crippen molar-refractivity contribution < 1.29 is 19.0 Å². The first-order valence-electron chi connectivity index (χ1n) is 8.80. The molecule has 3 rings (SSSR count). The molecule has 0 aliphatic rings. The Kier molecular flexibility index (Phi) is 6.40. The molecule has 3 aromatic carbocycles. The molecule has 7 heteroatoms. The van der Waals surface area contributed by atoms with E-state index in [9.17, 15) is 14.3 Å². The average Bonchev–Trinajstić information content (AvgIpc) is 2.74. The molecule has 3 aromatic rings. The van der Waals surface area contributed by atoms with Crippen molar-refractivity contribution in [1.82, 2.24) is 5.32 Å². The maximum absolute atomic E-state index is 13.6. The monoisotopic (exact) mass is 391 g/mol. The van der Waals surface area contributed by atoms with E-state index >= 15 is 0 Å². The van der Waals surface area contributed by atoms with Gasteiger partial charge < -0.3 is 20.5 Å². The SMILES string of the molecule is N#Cc1ccc(Oc2ccc(NC(=O)NCC(O)c3ccccc3F)cc2)cc1. The number of aliphatic hydroxyl groups excluding tert-OH is 1. The van der Waals surface area contributed by atoms with E-state index in [1.807, 2.05) is 6.07 Å². The molecule has 3 N–H and O–H groups in total. The predicted molar refractivity (Wildman–Crippen MR) is 106 cm³/mol. The lowest BCUT2D eigenvalue weighted by molar-refractivity contribution is 0.170. The molecule has 1 atom stereocenters. The fraction of sp³-hybridized carbons (Fsp3) is 0.0909. The van der Waals surface area contributed by atoms with E-state index < -0.39 is 18.0 Å². The summed E-state index contributed by atoms with van der Waals surface area (Å²) < 4.78 is 19.3. The Labute approximate surface area is 167 Å². The van der Waals surface area contributed by atoms with Crippen LogP contribution in [0.5, 0.6) is 11.5 Å². The molecule has 0 saturated carbocycles. The lowest BCUT2D eigenvalue weighted by Gasteiger charge is -2.14. The van der Waals surface area contributed by atoms with Crippen LogP contribution in [0.3, 0.4) is 0 Å². The number of nitrogens with zero attached hydrogens (tertiary/aromatic N) is 1. The molecule has 0 heterocycles. The van der Waals surface area contributed by atoms with Gasteiger partial charge in [-0.3, -0.25) is 0 Å². The highest BCUT2D eigenvalue weighted by Crippen LogP contribution is 2.23. The lowest BCUT2D eigenvalue weighted by atomic mass is 10.1. The quantitative estimate of drug-likeness (QED) is 0.582. The molecule has 0 aliphatic heterocycles. The van der Waals surface area contributed by atoms with Crippen LogP contribution < -0.4 is 15.4 Å². The van der Waals surface area contributed by atoms with E-state index in [1.165, 1.54) is 18.2 Å². The number of hydrogen-bond donors (Lipinski definition) is 3. The number of rotatable bonds is 6. The Morgan fingerprint density at radius 3 is 2.28 bits per heavy atom. The third kappa shape index (κ3) is 5.54. The summed E-state index contributed by atoms with van der Waals surface area (Å²) in [4.78, 5) is 12.0. The van der Waals surface area contributed by atoms with Gasteiger partial charge in [0.1, 0.15) is 17.3 Å². The third-order valence-electron chi connectivity index (χ3n) is 4.05. The zero-order valence-electron chi connectivity index (χ0n) is 15.3. The summed E-state index contributed by atoms with van der Waals surface area (Å²) in [5.74, 6) is 0.625. The number of aliphatic hydroxyl groups is 1. The number of carbonyl (C=O) groups is 1. The fourth-order valence-corrected chi connectivity index (χ4v) is 2.56. The normalized spacial score (nSPS) is 11.2. The van der Waals surface area contributed by atoms with Crippen LogP contribution in [-0.4, -0.2) is 17.7 Å². The number of hydrogen-bond acceptors (Lipinski definition) is 4. The standard InChI is InChI=1S/C22H18FN3O3/c23-20-4-2-1-3-19(20)21(27)14-25-22(28)26-16-7-11-18(12-8-16)29-17-9-5-15(13-24)6-10-17/h1-12,21,27H,14H2,(H2,25,26,28). The number of amides is 2. The van der Waals surface area contributed by atoms with Gasteiger partial charge in [0, 0.05) is 17.8 Å². The Bertz CT molecular complexity index is 1010. The first-order chi connectivity index (χ1) is 14.0. The second-order valence-electron chi connectivity index (χ2n) is 6.13. The molecular weight excluding hydrogens is 373 g/mol. The lowest BCUT2D eigenvalue weighted by Crippen LogP contribution is -2.32. The van der Waals surface area contributed by atoms with E-state index in [-0.39, 0.29) is 12.1 Å². The minimum absolute atomic E-state index is 0.122. The van der Waals surface area contributed by atoms with Crippen molar-refractivity contribution in [3.63, 3.8) is 0 Å². The molecule has 0 saturated heterocycles. The number of halogens is 1. The van der Waals surface area contributed by atoms with Crippen molar-refractivity contribution in [2.24, 2.45) is 0 Å². The molecule has 0 aliphatic carbocycles. The fourth-order valence-electron chi connectivity index (χ4n) is 2.56. The molecular formula is C22H18FN3O3. The summed E-state index contributed by atoms with van der Waals surface area (Å²) in [7, 11) is 0. The van der Waals surface area contributed by atoms with Crippen molar-refractivity contribution in [1.29, 1.82) is 5.26 Å². The highest BCUT2D eigenvalue weighted by atomic mass is 19.1. The van der Waals surface area contributed by atoms with E-state index in [4.69, 9.17) is 10.00 Å². The van der Waals surface area contributed by atoms with E-state index in [0.717, 1.165) is 0 Å². The van der Waals surface area contributed by atoms with Crippen LogP contribution in [-0.2, 0) is 0 Å². The van der Waals surface area contributed by atoms with E-state index in [2.05, 4.69) is 10.6 Å². The van der Waals surface area contributed by atoms with E-state index in [1.54, 1.807) is 54.6 Å². The summed E-state index contributed by atoms with van der Waals surface area (Å²) in [6.07, 6.45) is -1.15. The van der Waals surface area contributed by atoms with Gasteiger partial charge in [0.05, 0.1) is 17.7 Å². The van der Waals surface area contributed by atoms with Crippen LogP contribution >= 0.6 is 0 Å². The number of nitrogens with one attached hydrogen (secondary N) is 2. The van der Waals surface area contributed by atoms with Crippen molar-refractivity contribution in [2.75, 3.05) is 11.9 Å². The topological polar surface area (TPSA) is 94.4 Å². The molecule has 6 nitrogen and oxygen atoms in total. The van der Waals surface area contributed by atoms with Crippen molar-refractivity contribution in [3.8, 4) is 17.6 Å². The van der Waals surface area contributed by atoms with Gasteiger partial charge in [-0.1, -0.05) is 18.2 Å². The molecule has 29 heavy (non-hydrogen) atoms. The highest BCUT2D eigenvalue weighted by molar-refractivity contribution is 5.89. The van der Waals surface area contributed by atoms with Crippen LogP contribution in [0, 0.1) is 17.1 Å². The van der Waals surface area contributed by atoms with Crippen LogP contribution in [0.2, 0.25) is 0 Å². The summed E-state index contributed by atoms with van der Waals surface area (Å²) in [6.45, 7) is -0.132. The number of anilines is 1. The molecule has 146 valence electrons. The molecule has 2 amide bonds. The van der Waals surface area contributed by atoms with E-state index in [0.29, 0.717) is 22.7 Å². The second-order valence-corrected chi connectivity index (χ2v) is 6.13. The average molecular weight is 391 g/mol. The minimum Gasteiger partial charge on any atom is -0.457 e. The Balaban J connectivity index is 1.50. The van der Waals surface area contributed by atoms with Gasteiger partial charge in [-0.05, 0) is 54.6 Å². The number of benzene rings is 3. The first kappa shape index (κ1) is 19.9. The van der Waals surface area contributed by atoms with Crippen molar-refractivity contribution in [3.05, 3.63) is 89.7 Å². The van der Waals surface area contributed by atoms with Crippen LogP contribution in [0.15, 0.2) is 72.8 Å². The number of nitriles is 1. The minimum atomic E-state index is -1.15. The Morgan fingerprint density at radius 1 is 1.03 bits per heavy atom. The van der Waals surface area contributed by atoms with Crippen LogP contribution in [0.4, 0.5) is 14.9 Å². The van der Waals surface area contributed by atoms with Gasteiger partial charge in [0.15, 0.2) is 0 Å². The smallest absolute Gasteiger partial charge is 0.319 e. The van der Waals surface area contributed by atoms with Gasteiger partial charge in [-0.15, -0.1) is 0 Å². The predicted octanol–water partition coefficient (Wildman–Crippen LogP) is 4.34. The zero-order chi connectivity index (χ0) is 20.6. The van der Waals surface area contributed by atoms with Crippen LogP contribution in [0.1, 0.15) is 17.2 Å². The molecule has 1 unspecified atom stereocenters. The number of urea groups is 1. The van der Waals surface area contributed by atoms with Gasteiger partial charge in [-0.2, -0.15) is 5.26 Å². The highest BCUT2D eigenvalue weighted by Gasteiger charge is 2.13.